The fraction of sp³-hybridized carbons (Fsp3) is 0.0667. The van der Waals surface area contributed by atoms with E-state index in [4.69, 9.17) is 27.9 Å². The molecule has 0 radical (unpaired) electrons. The first-order chi connectivity index (χ1) is 11.9. The SMILES string of the molecule is O=C(COc1ccccc1[N+](=O)[O-])NN=Cc1cc(Cl)cc(Cl)c1O. The third-order valence-electron chi connectivity index (χ3n) is 2.87. The zero-order valence-corrected chi connectivity index (χ0v) is 14.0. The quantitative estimate of drug-likeness (QED) is 0.451. The molecule has 2 aromatic rings. The Kier molecular flexibility index (Phi) is 6.15. The molecule has 1 amide bonds. The number of para-hydroxylation sites is 2. The van der Waals surface area contributed by atoms with Crippen molar-refractivity contribution in [1.82, 2.24) is 5.43 Å². The number of nitrogens with zero attached hydrogens (tertiary/aromatic N) is 2. The second-order valence-electron chi connectivity index (χ2n) is 4.63. The van der Waals surface area contributed by atoms with E-state index in [2.05, 4.69) is 10.5 Å². The summed E-state index contributed by atoms with van der Waals surface area (Å²) in [7, 11) is 0. The first-order valence-electron chi connectivity index (χ1n) is 6.74. The van der Waals surface area contributed by atoms with E-state index in [0.717, 1.165) is 6.21 Å². The number of nitrogens with one attached hydrogen (secondary N) is 1. The monoisotopic (exact) mass is 383 g/mol. The van der Waals surface area contributed by atoms with E-state index >= 15 is 0 Å². The van der Waals surface area contributed by atoms with Gasteiger partial charge in [0.2, 0.25) is 0 Å². The van der Waals surface area contributed by atoms with Crippen LogP contribution in [0.2, 0.25) is 10.0 Å². The summed E-state index contributed by atoms with van der Waals surface area (Å²) in [6.45, 7) is -0.482. The van der Waals surface area contributed by atoms with Gasteiger partial charge in [0, 0.05) is 16.7 Å². The molecule has 0 aliphatic carbocycles. The summed E-state index contributed by atoms with van der Waals surface area (Å²) >= 11 is 11.6. The zero-order chi connectivity index (χ0) is 18.4. The maximum Gasteiger partial charge on any atom is 0.310 e. The number of carbonyl (C=O) groups excluding carboxylic acids is 1. The minimum Gasteiger partial charge on any atom is -0.506 e. The summed E-state index contributed by atoms with van der Waals surface area (Å²) in [5.41, 5.74) is 2.11. The molecule has 0 saturated heterocycles. The molecular weight excluding hydrogens is 373 g/mol. The Morgan fingerprint density at radius 1 is 1.36 bits per heavy atom. The lowest BCUT2D eigenvalue weighted by Crippen LogP contribution is -2.24. The van der Waals surface area contributed by atoms with Crippen LogP contribution in [0.25, 0.3) is 0 Å². The molecule has 2 rings (SSSR count). The van der Waals surface area contributed by atoms with E-state index in [1.165, 1.54) is 30.3 Å². The van der Waals surface area contributed by atoms with Crippen molar-refractivity contribution in [2.45, 2.75) is 0 Å². The molecule has 0 unspecified atom stereocenters. The summed E-state index contributed by atoms with van der Waals surface area (Å²) in [5.74, 6) is -0.923. The molecule has 0 aliphatic rings. The zero-order valence-electron chi connectivity index (χ0n) is 12.5. The van der Waals surface area contributed by atoms with Crippen molar-refractivity contribution in [1.29, 1.82) is 0 Å². The van der Waals surface area contributed by atoms with Crippen molar-refractivity contribution < 1.29 is 19.6 Å². The first kappa shape index (κ1) is 18.5. The van der Waals surface area contributed by atoms with Gasteiger partial charge in [0.1, 0.15) is 5.75 Å². The number of amides is 1. The van der Waals surface area contributed by atoms with Crippen LogP contribution in [0, 0.1) is 10.1 Å². The molecule has 0 aliphatic heterocycles. The number of hydrogen-bond acceptors (Lipinski definition) is 6. The Labute approximate surface area is 151 Å². The van der Waals surface area contributed by atoms with Gasteiger partial charge in [-0.1, -0.05) is 35.3 Å². The molecule has 10 heteroatoms. The summed E-state index contributed by atoms with van der Waals surface area (Å²) in [6, 6.07) is 8.43. The van der Waals surface area contributed by atoms with Crippen LogP contribution in [0.1, 0.15) is 5.56 Å². The highest BCUT2D eigenvalue weighted by Gasteiger charge is 2.14. The van der Waals surface area contributed by atoms with E-state index in [0.29, 0.717) is 0 Å². The van der Waals surface area contributed by atoms with Gasteiger partial charge in [0.05, 0.1) is 16.2 Å². The number of ether oxygens (including phenoxy) is 1. The maximum absolute atomic E-state index is 11.7. The average Bonchev–Trinajstić information content (AvgIpc) is 2.57. The van der Waals surface area contributed by atoms with E-state index in [1.807, 2.05) is 0 Å². The van der Waals surface area contributed by atoms with Gasteiger partial charge < -0.3 is 9.84 Å². The number of carbonyl (C=O) groups is 1. The Morgan fingerprint density at radius 2 is 2.08 bits per heavy atom. The summed E-state index contributed by atoms with van der Waals surface area (Å²) in [6.07, 6.45) is 1.15. The van der Waals surface area contributed by atoms with Gasteiger partial charge in [0.15, 0.2) is 12.4 Å². The highest BCUT2D eigenvalue weighted by molar-refractivity contribution is 6.36. The third kappa shape index (κ3) is 5.07. The van der Waals surface area contributed by atoms with Gasteiger partial charge in [-0.15, -0.1) is 0 Å². The number of rotatable bonds is 6. The molecule has 0 aromatic heterocycles. The largest absolute Gasteiger partial charge is 0.506 e. The minimum atomic E-state index is -0.651. The fourth-order valence-electron chi connectivity index (χ4n) is 1.76. The van der Waals surface area contributed by atoms with Crippen molar-refractivity contribution in [3.05, 3.63) is 62.1 Å². The Bertz CT molecular complexity index is 842. The molecule has 0 fully saturated rings. The van der Waals surface area contributed by atoms with Crippen LogP contribution in [0.15, 0.2) is 41.5 Å². The number of hydrazone groups is 1. The lowest BCUT2D eigenvalue weighted by molar-refractivity contribution is -0.385. The normalized spacial score (nSPS) is 10.6. The van der Waals surface area contributed by atoms with Gasteiger partial charge in [-0.3, -0.25) is 14.9 Å². The molecule has 0 saturated carbocycles. The van der Waals surface area contributed by atoms with Crippen LogP contribution >= 0.6 is 23.2 Å². The molecule has 2 N–H and O–H groups in total. The van der Waals surface area contributed by atoms with Gasteiger partial charge >= 0.3 is 5.69 Å². The van der Waals surface area contributed by atoms with Gasteiger partial charge in [-0.25, -0.2) is 5.43 Å². The predicted octanol–water partition coefficient (Wildman–Crippen LogP) is 3.14. The molecule has 0 heterocycles. The smallest absolute Gasteiger partial charge is 0.310 e. The lowest BCUT2D eigenvalue weighted by atomic mass is 10.2. The average molecular weight is 384 g/mol. The predicted molar refractivity (Wildman–Crippen MR) is 92.5 cm³/mol. The Morgan fingerprint density at radius 3 is 2.80 bits per heavy atom. The van der Waals surface area contributed by atoms with Crippen LogP contribution < -0.4 is 10.2 Å². The first-order valence-corrected chi connectivity index (χ1v) is 7.50. The number of nitro benzene ring substituents is 1. The second-order valence-corrected chi connectivity index (χ2v) is 5.48. The van der Waals surface area contributed by atoms with Crippen molar-refractivity contribution in [3.63, 3.8) is 0 Å². The summed E-state index contributed by atoms with van der Waals surface area (Å²) in [4.78, 5) is 21.9. The highest BCUT2D eigenvalue weighted by Crippen LogP contribution is 2.30. The standard InChI is InChI=1S/C15H11Cl2N3O5/c16-10-5-9(15(22)11(17)6-10)7-18-19-14(21)8-25-13-4-2-1-3-12(13)20(23)24/h1-7,22H,8H2,(H,19,21). The van der Waals surface area contributed by atoms with Crippen molar-refractivity contribution in [2.75, 3.05) is 6.61 Å². The Hall–Kier alpha value is -2.84. The number of hydrogen-bond donors (Lipinski definition) is 2. The Balaban J connectivity index is 1.95. The molecule has 2 aromatic carbocycles. The topological polar surface area (TPSA) is 114 Å². The van der Waals surface area contributed by atoms with Gasteiger partial charge in [-0.05, 0) is 18.2 Å². The molecule has 0 bridgehead atoms. The fourth-order valence-corrected chi connectivity index (χ4v) is 2.27. The van der Waals surface area contributed by atoms with Crippen LogP contribution in [0.5, 0.6) is 11.5 Å². The summed E-state index contributed by atoms with van der Waals surface area (Å²) in [5, 5.41) is 24.5. The molecular formula is C15H11Cl2N3O5. The minimum absolute atomic E-state index is 0.0362. The van der Waals surface area contributed by atoms with Crippen LogP contribution in [-0.4, -0.2) is 28.8 Å². The van der Waals surface area contributed by atoms with Crippen LogP contribution in [0.3, 0.4) is 0 Å². The van der Waals surface area contributed by atoms with Gasteiger partial charge in [0.25, 0.3) is 5.91 Å². The number of phenols is 1. The van der Waals surface area contributed by atoms with Crippen molar-refractivity contribution in [3.8, 4) is 11.5 Å². The van der Waals surface area contributed by atoms with E-state index in [1.54, 1.807) is 6.07 Å². The van der Waals surface area contributed by atoms with E-state index < -0.39 is 17.4 Å². The molecule has 8 nitrogen and oxygen atoms in total. The molecule has 0 atom stereocenters. The van der Waals surface area contributed by atoms with Crippen LogP contribution in [-0.2, 0) is 4.79 Å². The van der Waals surface area contributed by atoms with E-state index in [9.17, 15) is 20.0 Å². The maximum atomic E-state index is 11.7. The number of phenolic OH excluding ortho intramolecular Hbond substituents is 1. The number of halogens is 2. The number of benzene rings is 2. The molecule has 0 spiro atoms. The second kappa shape index (κ2) is 8.32. The van der Waals surface area contributed by atoms with Crippen LogP contribution in [0.4, 0.5) is 5.69 Å². The van der Waals surface area contributed by atoms with Crippen molar-refractivity contribution in [2.24, 2.45) is 5.10 Å². The van der Waals surface area contributed by atoms with Gasteiger partial charge in [-0.2, -0.15) is 5.10 Å². The molecule has 130 valence electrons. The third-order valence-corrected chi connectivity index (χ3v) is 3.38. The van der Waals surface area contributed by atoms with E-state index in [-0.39, 0.29) is 32.8 Å². The number of aromatic hydroxyl groups is 1. The lowest BCUT2D eigenvalue weighted by Gasteiger charge is -2.05. The highest BCUT2D eigenvalue weighted by atomic mass is 35.5. The molecule has 25 heavy (non-hydrogen) atoms. The van der Waals surface area contributed by atoms with Crippen molar-refractivity contribution >= 4 is 41.0 Å². The summed E-state index contributed by atoms with van der Waals surface area (Å²) < 4.78 is 5.11. The number of nitro groups is 1.